The van der Waals surface area contributed by atoms with Crippen LogP contribution >= 0.6 is 0 Å². The molecule has 0 aromatic carbocycles. The van der Waals surface area contributed by atoms with Crippen LogP contribution < -0.4 is 0 Å². The van der Waals surface area contributed by atoms with Crippen LogP contribution in [0, 0.1) is 10.1 Å². The van der Waals surface area contributed by atoms with Crippen molar-refractivity contribution in [1.29, 1.82) is 0 Å². The van der Waals surface area contributed by atoms with Gasteiger partial charge >= 0.3 is 0 Å². The molecule has 5 heteroatoms. The fourth-order valence-corrected chi connectivity index (χ4v) is 0.789. The van der Waals surface area contributed by atoms with Crippen LogP contribution in [0.3, 0.4) is 0 Å². The highest BCUT2D eigenvalue weighted by atomic mass is 16.6. The van der Waals surface area contributed by atoms with Crippen molar-refractivity contribution < 1.29 is 15.1 Å². The van der Waals surface area contributed by atoms with E-state index in [1.165, 1.54) is 6.92 Å². The van der Waals surface area contributed by atoms with E-state index >= 15 is 0 Å². The molecular weight excluding hydrogens is 150 g/mol. The Morgan fingerprint density at radius 3 is 1.91 bits per heavy atom. The molecule has 0 saturated heterocycles. The van der Waals surface area contributed by atoms with Gasteiger partial charge in [0.25, 0.3) is 0 Å². The van der Waals surface area contributed by atoms with E-state index in [2.05, 4.69) is 0 Å². The lowest BCUT2D eigenvalue weighted by molar-refractivity contribution is -0.568. The molecule has 0 amide bonds. The van der Waals surface area contributed by atoms with Crippen molar-refractivity contribution in [2.24, 2.45) is 0 Å². The number of rotatable bonds is 5. The highest BCUT2D eigenvalue weighted by Gasteiger charge is 2.35. The van der Waals surface area contributed by atoms with Gasteiger partial charge in [-0.2, -0.15) is 0 Å². The van der Waals surface area contributed by atoms with E-state index in [0.29, 0.717) is 0 Å². The van der Waals surface area contributed by atoms with Gasteiger partial charge in [0.1, 0.15) is 0 Å². The van der Waals surface area contributed by atoms with E-state index in [9.17, 15) is 10.1 Å². The van der Waals surface area contributed by atoms with Gasteiger partial charge in [0, 0.05) is 37.9 Å². The maximum absolute atomic E-state index is 10.4. The summed E-state index contributed by atoms with van der Waals surface area (Å²) < 4.78 is 0. The minimum Gasteiger partial charge on any atom is -0.396 e. The van der Waals surface area contributed by atoms with Crippen molar-refractivity contribution >= 4 is 0 Å². The molecular formula is C6H13NO4. The third kappa shape index (κ3) is 2.81. The molecule has 0 atom stereocenters. The predicted octanol–water partition coefficient (Wildman–Crippen LogP) is -0.213. The van der Waals surface area contributed by atoms with Gasteiger partial charge in [-0.3, -0.25) is 10.1 Å². The predicted molar refractivity (Wildman–Crippen MR) is 38.8 cm³/mol. The number of nitro groups is 1. The number of aliphatic hydroxyl groups excluding tert-OH is 2. The smallest absolute Gasteiger partial charge is 0.223 e. The van der Waals surface area contributed by atoms with Crippen molar-refractivity contribution in [2.45, 2.75) is 25.3 Å². The summed E-state index contributed by atoms with van der Waals surface area (Å²) >= 11 is 0. The molecule has 0 bridgehead atoms. The van der Waals surface area contributed by atoms with Gasteiger partial charge in [-0.25, -0.2) is 0 Å². The van der Waals surface area contributed by atoms with E-state index < -0.39 is 10.5 Å². The normalized spacial score (nSPS) is 11.5. The second-order valence-corrected chi connectivity index (χ2v) is 2.70. The van der Waals surface area contributed by atoms with E-state index in [-0.39, 0.29) is 26.1 Å². The molecule has 0 spiro atoms. The summed E-state index contributed by atoms with van der Waals surface area (Å²) in [5.41, 5.74) is -1.18. The number of nitrogens with zero attached hydrogens (tertiary/aromatic N) is 1. The van der Waals surface area contributed by atoms with E-state index in [1.54, 1.807) is 0 Å². The van der Waals surface area contributed by atoms with Gasteiger partial charge in [0.15, 0.2) is 0 Å². The molecule has 0 unspecified atom stereocenters. The van der Waals surface area contributed by atoms with Crippen LogP contribution in [0.4, 0.5) is 0 Å². The van der Waals surface area contributed by atoms with Gasteiger partial charge in [0.2, 0.25) is 5.54 Å². The van der Waals surface area contributed by atoms with Gasteiger partial charge in [0.05, 0.1) is 0 Å². The van der Waals surface area contributed by atoms with Gasteiger partial charge in [-0.05, 0) is 0 Å². The maximum Gasteiger partial charge on any atom is 0.223 e. The lowest BCUT2D eigenvalue weighted by Gasteiger charge is -2.18. The Bertz CT molecular complexity index is 131. The van der Waals surface area contributed by atoms with Crippen LogP contribution in [-0.2, 0) is 0 Å². The summed E-state index contributed by atoms with van der Waals surface area (Å²) in [6.45, 7) is 0.967. The fourth-order valence-electron chi connectivity index (χ4n) is 0.789. The first-order valence-corrected chi connectivity index (χ1v) is 3.43. The Balaban J connectivity index is 4.13. The molecule has 0 aliphatic heterocycles. The summed E-state index contributed by atoms with van der Waals surface area (Å²) in [6, 6.07) is 0. The minimum atomic E-state index is -1.18. The standard InChI is InChI=1S/C6H13NO4/c1-6(2-4-8,3-5-9)7(10)11/h8-9H,2-5H2,1H3. The van der Waals surface area contributed by atoms with Crippen LogP contribution in [0.1, 0.15) is 19.8 Å². The van der Waals surface area contributed by atoms with Crippen molar-refractivity contribution in [3.8, 4) is 0 Å². The zero-order chi connectivity index (χ0) is 8.91. The largest absolute Gasteiger partial charge is 0.396 e. The molecule has 0 aliphatic rings. The first kappa shape index (κ1) is 10.3. The number of aliphatic hydroxyl groups is 2. The maximum atomic E-state index is 10.4. The van der Waals surface area contributed by atoms with Crippen molar-refractivity contribution in [1.82, 2.24) is 0 Å². The Morgan fingerprint density at radius 1 is 1.36 bits per heavy atom. The average Bonchev–Trinajstić information content (AvgIpc) is 1.88. The average molecular weight is 163 g/mol. The van der Waals surface area contributed by atoms with Crippen LogP contribution in [0.5, 0.6) is 0 Å². The van der Waals surface area contributed by atoms with Crippen LogP contribution in [-0.4, -0.2) is 33.9 Å². The van der Waals surface area contributed by atoms with E-state index in [0.717, 1.165) is 0 Å². The molecule has 0 aromatic rings. The summed E-state index contributed by atoms with van der Waals surface area (Å²) in [5, 5.41) is 27.4. The quantitative estimate of drug-likeness (QED) is 0.433. The Labute approximate surface area is 64.8 Å². The Kier molecular flexibility index (Phi) is 3.99. The summed E-state index contributed by atoms with van der Waals surface area (Å²) in [5.74, 6) is 0. The lowest BCUT2D eigenvalue weighted by atomic mass is 9.95. The van der Waals surface area contributed by atoms with Crippen molar-refractivity contribution in [3.05, 3.63) is 10.1 Å². The molecule has 0 rings (SSSR count). The molecule has 0 aromatic heterocycles. The molecule has 5 nitrogen and oxygen atoms in total. The zero-order valence-corrected chi connectivity index (χ0v) is 6.49. The van der Waals surface area contributed by atoms with Crippen LogP contribution in [0.25, 0.3) is 0 Å². The van der Waals surface area contributed by atoms with Gasteiger partial charge < -0.3 is 10.2 Å². The third-order valence-electron chi connectivity index (χ3n) is 1.74. The van der Waals surface area contributed by atoms with Gasteiger partial charge in [-0.1, -0.05) is 0 Å². The topological polar surface area (TPSA) is 83.6 Å². The van der Waals surface area contributed by atoms with Crippen LogP contribution in [0.15, 0.2) is 0 Å². The van der Waals surface area contributed by atoms with Crippen molar-refractivity contribution in [3.63, 3.8) is 0 Å². The summed E-state index contributed by atoms with van der Waals surface area (Å²) in [4.78, 5) is 9.93. The highest BCUT2D eigenvalue weighted by Crippen LogP contribution is 2.17. The fraction of sp³-hybridized carbons (Fsp3) is 1.00. The SMILES string of the molecule is CC(CCO)(CCO)[N+](=O)[O-]. The lowest BCUT2D eigenvalue weighted by Crippen LogP contribution is -2.36. The number of hydrogen-bond donors (Lipinski definition) is 2. The molecule has 0 heterocycles. The molecule has 0 fully saturated rings. The highest BCUT2D eigenvalue weighted by molar-refractivity contribution is 4.72. The van der Waals surface area contributed by atoms with Crippen LogP contribution in [0.2, 0.25) is 0 Å². The molecule has 2 N–H and O–H groups in total. The minimum absolute atomic E-state index is 0.0839. The monoisotopic (exact) mass is 163 g/mol. The number of hydrogen-bond acceptors (Lipinski definition) is 4. The van der Waals surface area contributed by atoms with E-state index in [4.69, 9.17) is 10.2 Å². The zero-order valence-electron chi connectivity index (χ0n) is 6.49. The molecule has 0 saturated carbocycles. The third-order valence-corrected chi connectivity index (χ3v) is 1.74. The second kappa shape index (κ2) is 4.25. The molecule has 0 radical (unpaired) electrons. The second-order valence-electron chi connectivity index (χ2n) is 2.70. The van der Waals surface area contributed by atoms with E-state index in [1.807, 2.05) is 0 Å². The molecule has 0 aliphatic carbocycles. The Morgan fingerprint density at radius 2 is 1.73 bits per heavy atom. The Hall–Kier alpha value is -0.680. The molecule has 11 heavy (non-hydrogen) atoms. The summed E-state index contributed by atoms with van der Waals surface area (Å²) in [7, 11) is 0. The molecule has 66 valence electrons. The van der Waals surface area contributed by atoms with Gasteiger partial charge in [-0.15, -0.1) is 0 Å². The van der Waals surface area contributed by atoms with Crippen molar-refractivity contribution in [2.75, 3.05) is 13.2 Å². The summed E-state index contributed by atoms with van der Waals surface area (Å²) in [6.07, 6.45) is 0.168. The first-order chi connectivity index (χ1) is 5.06. The first-order valence-electron chi connectivity index (χ1n) is 3.43.